The van der Waals surface area contributed by atoms with Crippen molar-refractivity contribution in [3.63, 3.8) is 0 Å². The minimum atomic E-state index is 0.838. The van der Waals surface area contributed by atoms with Gasteiger partial charge in [0.2, 0.25) is 0 Å². The standard InChI is InChI=1S/C32H23N5/c1-3-13-24(14-4-1)26-23-35(34-33-26)27-17-7-8-18-28(27)37-31-21-11-9-19-29(31)36(25-15-5-2-6-16-25)30-20-10-12-22-32(30)37/h1-23H. The summed E-state index contributed by atoms with van der Waals surface area (Å²) in [5.74, 6) is 0. The lowest BCUT2D eigenvalue weighted by molar-refractivity contribution is 0.803. The van der Waals surface area contributed by atoms with Gasteiger partial charge >= 0.3 is 0 Å². The van der Waals surface area contributed by atoms with Gasteiger partial charge in [0.15, 0.2) is 0 Å². The average molecular weight is 478 g/mol. The van der Waals surface area contributed by atoms with E-state index in [0.29, 0.717) is 0 Å². The van der Waals surface area contributed by atoms with Crippen molar-refractivity contribution in [2.45, 2.75) is 0 Å². The highest BCUT2D eigenvalue weighted by molar-refractivity contribution is 6.02. The lowest BCUT2D eigenvalue weighted by Gasteiger charge is -2.40. The first kappa shape index (κ1) is 21.1. The molecule has 0 saturated carbocycles. The highest BCUT2D eigenvalue weighted by Gasteiger charge is 2.31. The molecule has 176 valence electrons. The summed E-state index contributed by atoms with van der Waals surface area (Å²) in [6.45, 7) is 0. The van der Waals surface area contributed by atoms with Crippen LogP contribution in [0.25, 0.3) is 16.9 Å². The summed E-state index contributed by atoms with van der Waals surface area (Å²) in [5, 5.41) is 9.00. The third kappa shape index (κ3) is 3.56. The predicted octanol–water partition coefficient (Wildman–Crippen LogP) is 8.19. The van der Waals surface area contributed by atoms with E-state index >= 15 is 0 Å². The third-order valence-electron chi connectivity index (χ3n) is 6.67. The van der Waals surface area contributed by atoms with E-state index in [2.05, 4.69) is 129 Å². The van der Waals surface area contributed by atoms with E-state index in [9.17, 15) is 0 Å². The first-order valence-corrected chi connectivity index (χ1v) is 12.3. The molecule has 0 unspecified atom stereocenters. The van der Waals surface area contributed by atoms with Crippen molar-refractivity contribution < 1.29 is 0 Å². The van der Waals surface area contributed by atoms with Gasteiger partial charge in [-0.2, -0.15) is 0 Å². The van der Waals surface area contributed by atoms with E-state index in [1.165, 1.54) is 0 Å². The van der Waals surface area contributed by atoms with Crippen LogP contribution in [0.2, 0.25) is 0 Å². The van der Waals surface area contributed by atoms with Crippen molar-refractivity contribution in [2.24, 2.45) is 0 Å². The summed E-state index contributed by atoms with van der Waals surface area (Å²) >= 11 is 0. The summed E-state index contributed by atoms with van der Waals surface area (Å²) < 4.78 is 1.87. The van der Waals surface area contributed by atoms with Crippen LogP contribution in [-0.2, 0) is 0 Å². The maximum absolute atomic E-state index is 4.52. The third-order valence-corrected chi connectivity index (χ3v) is 6.67. The smallest absolute Gasteiger partial charge is 0.113 e. The molecule has 0 aliphatic carbocycles. The Bertz CT molecular complexity index is 1640. The summed E-state index contributed by atoms with van der Waals surface area (Å²) in [6.07, 6.45) is 1.99. The molecule has 1 aliphatic heterocycles. The van der Waals surface area contributed by atoms with Crippen LogP contribution < -0.4 is 9.80 Å². The number of nitrogens with zero attached hydrogens (tertiary/aromatic N) is 5. The number of benzene rings is 5. The summed E-state index contributed by atoms with van der Waals surface area (Å²) in [4.78, 5) is 4.65. The number of rotatable bonds is 4. The molecule has 5 heteroatoms. The molecule has 0 radical (unpaired) electrons. The van der Waals surface area contributed by atoms with Crippen molar-refractivity contribution >= 4 is 34.1 Å². The molecule has 0 bridgehead atoms. The summed E-state index contributed by atoms with van der Waals surface area (Å²) in [7, 11) is 0. The maximum atomic E-state index is 4.52. The fourth-order valence-electron chi connectivity index (χ4n) is 5.03. The minimum Gasteiger partial charge on any atom is -0.306 e. The van der Waals surface area contributed by atoms with E-state index in [0.717, 1.165) is 51.1 Å². The topological polar surface area (TPSA) is 37.2 Å². The number of aromatic nitrogens is 3. The maximum Gasteiger partial charge on any atom is 0.113 e. The Labute approximate surface area is 215 Å². The summed E-state index contributed by atoms with van der Waals surface area (Å²) in [6, 6.07) is 46.1. The first-order chi connectivity index (χ1) is 18.4. The van der Waals surface area contributed by atoms with Crippen LogP contribution in [0, 0.1) is 0 Å². The van der Waals surface area contributed by atoms with Gasteiger partial charge in [-0.1, -0.05) is 90.1 Å². The second kappa shape index (κ2) is 8.81. The zero-order valence-electron chi connectivity index (χ0n) is 20.0. The van der Waals surface area contributed by atoms with Gasteiger partial charge in [-0.3, -0.25) is 0 Å². The number of fused-ring (bicyclic) bond motifs is 2. The Morgan fingerprint density at radius 3 is 1.41 bits per heavy atom. The van der Waals surface area contributed by atoms with Gasteiger partial charge in [-0.25, -0.2) is 4.68 Å². The number of anilines is 6. The number of hydrogen-bond donors (Lipinski definition) is 0. The Balaban J connectivity index is 1.42. The Kier molecular flexibility index (Phi) is 5.03. The van der Waals surface area contributed by atoms with Gasteiger partial charge in [0.1, 0.15) is 5.69 Å². The Morgan fingerprint density at radius 1 is 0.405 bits per heavy atom. The molecule has 2 heterocycles. The second-order valence-corrected chi connectivity index (χ2v) is 8.89. The van der Waals surface area contributed by atoms with Crippen molar-refractivity contribution in [3.8, 4) is 16.9 Å². The molecule has 0 N–H and O–H groups in total. The summed E-state index contributed by atoms with van der Waals surface area (Å²) in [5.41, 5.74) is 9.41. The van der Waals surface area contributed by atoms with Crippen LogP contribution in [0.4, 0.5) is 34.1 Å². The van der Waals surface area contributed by atoms with Gasteiger partial charge < -0.3 is 9.80 Å². The lowest BCUT2D eigenvalue weighted by atomic mass is 10.0. The van der Waals surface area contributed by atoms with E-state index in [1.807, 2.05) is 35.1 Å². The highest BCUT2D eigenvalue weighted by Crippen LogP contribution is 2.54. The van der Waals surface area contributed by atoms with Gasteiger partial charge in [0.05, 0.1) is 40.3 Å². The van der Waals surface area contributed by atoms with Crippen molar-refractivity contribution in [1.82, 2.24) is 15.0 Å². The second-order valence-electron chi connectivity index (χ2n) is 8.89. The molecule has 1 aromatic heterocycles. The van der Waals surface area contributed by atoms with Crippen LogP contribution >= 0.6 is 0 Å². The molecule has 0 amide bonds. The van der Waals surface area contributed by atoms with E-state index in [-0.39, 0.29) is 0 Å². The zero-order valence-corrected chi connectivity index (χ0v) is 20.0. The van der Waals surface area contributed by atoms with Crippen LogP contribution in [-0.4, -0.2) is 15.0 Å². The van der Waals surface area contributed by atoms with Crippen molar-refractivity contribution in [1.29, 1.82) is 0 Å². The molecule has 0 fully saturated rings. The first-order valence-electron chi connectivity index (χ1n) is 12.3. The molecule has 0 spiro atoms. The average Bonchev–Trinajstić information content (AvgIpc) is 3.47. The molecule has 0 atom stereocenters. The Hall–Kier alpha value is -5.16. The number of hydrogen-bond acceptors (Lipinski definition) is 4. The quantitative estimate of drug-likeness (QED) is 0.256. The molecule has 0 saturated heterocycles. The normalized spacial score (nSPS) is 12.2. The fourth-order valence-corrected chi connectivity index (χ4v) is 5.03. The van der Waals surface area contributed by atoms with Crippen LogP contribution in [0.1, 0.15) is 0 Å². The SMILES string of the molecule is c1ccc(-c2cn(-c3ccccc3N3c4ccccc4N(c4ccccc4)c4ccccc43)nn2)cc1. The minimum absolute atomic E-state index is 0.838. The largest absolute Gasteiger partial charge is 0.306 e. The molecule has 5 nitrogen and oxygen atoms in total. The molecular weight excluding hydrogens is 454 g/mol. The Morgan fingerprint density at radius 2 is 0.838 bits per heavy atom. The fraction of sp³-hybridized carbons (Fsp3) is 0. The van der Waals surface area contributed by atoms with E-state index in [1.54, 1.807) is 0 Å². The molecule has 37 heavy (non-hydrogen) atoms. The lowest BCUT2D eigenvalue weighted by Crippen LogP contribution is -2.24. The zero-order chi connectivity index (χ0) is 24.6. The molecule has 7 rings (SSSR count). The number of para-hydroxylation sites is 7. The molecule has 1 aliphatic rings. The highest BCUT2D eigenvalue weighted by atomic mass is 15.4. The monoisotopic (exact) mass is 477 g/mol. The molecule has 6 aromatic rings. The van der Waals surface area contributed by atoms with Gasteiger partial charge in [-0.15, -0.1) is 5.10 Å². The molecular formula is C32H23N5. The van der Waals surface area contributed by atoms with Gasteiger partial charge in [-0.05, 0) is 48.5 Å². The van der Waals surface area contributed by atoms with Crippen molar-refractivity contribution in [3.05, 3.63) is 140 Å². The van der Waals surface area contributed by atoms with Crippen molar-refractivity contribution in [2.75, 3.05) is 9.80 Å². The van der Waals surface area contributed by atoms with Gasteiger partial charge in [0, 0.05) is 11.3 Å². The van der Waals surface area contributed by atoms with Crippen LogP contribution in [0.3, 0.4) is 0 Å². The van der Waals surface area contributed by atoms with E-state index in [4.69, 9.17) is 0 Å². The molecule has 5 aromatic carbocycles. The van der Waals surface area contributed by atoms with Crippen LogP contribution in [0.5, 0.6) is 0 Å². The predicted molar refractivity (Wildman–Crippen MR) is 150 cm³/mol. The van der Waals surface area contributed by atoms with Gasteiger partial charge in [0.25, 0.3) is 0 Å². The van der Waals surface area contributed by atoms with Crippen LogP contribution in [0.15, 0.2) is 140 Å². The van der Waals surface area contributed by atoms with E-state index < -0.39 is 0 Å².